The molecule has 1 aliphatic heterocycles. The molecule has 1 saturated carbocycles. The van der Waals surface area contributed by atoms with E-state index in [4.69, 9.17) is 0 Å². The highest BCUT2D eigenvalue weighted by molar-refractivity contribution is 9.10. The minimum absolute atomic E-state index is 0. The van der Waals surface area contributed by atoms with E-state index in [1.165, 1.54) is 5.56 Å². The van der Waals surface area contributed by atoms with Gasteiger partial charge in [-0.2, -0.15) is 0 Å². The highest BCUT2D eigenvalue weighted by Gasteiger charge is 2.46. The Hall–Kier alpha value is -0.580. The Morgan fingerprint density at radius 2 is 2.09 bits per heavy atom. The molecule has 1 N–H and O–H groups in total. The number of amides is 1. The van der Waals surface area contributed by atoms with Gasteiger partial charge in [0.2, 0.25) is 5.91 Å². The summed E-state index contributed by atoms with van der Waals surface area (Å²) in [5, 5.41) is 3.24. The number of hydrogen-bond acceptors (Lipinski definition) is 2. The number of nitrogens with one attached hydrogen (secondary N) is 1. The fourth-order valence-electron chi connectivity index (χ4n) is 3.45. The van der Waals surface area contributed by atoms with Gasteiger partial charge in [-0.3, -0.25) is 4.79 Å². The van der Waals surface area contributed by atoms with E-state index >= 15 is 0 Å². The number of piperidine rings is 1. The Labute approximate surface area is 147 Å². The van der Waals surface area contributed by atoms with Gasteiger partial charge in [-0.05, 0) is 62.4 Å². The first-order chi connectivity index (χ1) is 10.2. The van der Waals surface area contributed by atoms with Crippen molar-refractivity contribution in [2.45, 2.75) is 25.2 Å². The molecule has 0 radical (unpaired) electrons. The van der Waals surface area contributed by atoms with Gasteiger partial charge >= 0.3 is 0 Å². The molecule has 1 aromatic rings. The number of likely N-dealkylation sites (tertiary alicyclic amines) is 1. The zero-order chi connectivity index (χ0) is 14.8. The molecular formula is C17H24BrClN2O. The number of hydrogen-bond donors (Lipinski definition) is 1. The van der Waals surface area contributed by atoms with Crippen LogP contribution in [-0.2, 0) is 4.79 Å². The second kappa shape index (κ2) is 7.80. The normalized spacial score (nSPS) is 24.7. The average Bonchev–Trinajstić information content (AvgIpc) is 3.28. The molecule has 1 aliphatic carbocycles. The summed E-state index contributed by atoms with van der Waals surface area (Å²) in [6.45, 7) is 2.95. The number of benzene rings is 1. The van der Waals surface area contributed by atoms with Gasteiger partial charge in [-0.25, -0.2) is 0 Å². The van der Waals surface area contributed by atoms with Crippen LogP contribution in [0.25, 0.3) is 0 Å². The van der Waals surface area contributed by atoms with Gasteiger partial charge in [-0.15, -0.1) is 12.4 Å². The predicted octanol–water partition coefficient (Wildman–Crippen LogP) is 3.43. The van der Waals surface area contributed by atoms with Crippen LogP contribution in [0.3, 0.4) is 0 Å². The standard InChI is InChI=1S/C17H23BrN2O.ClH/c1-19-11-12-5-7-20(8-6-12)17(21)16-10-15(16)13-3-2-4-14(18)9-13;/h2-4,9,12,15-16,19H,5-8,10-11H2,1H3;1H. The number of carbonyl (C=O) groups excluding carboxylic acids is 1. The van der Waals surface area contributed by atoms with Crippen LogP contribution in [0, 0.1) is 11.8 Å². The maximum atomic E-state index is 12.6. The second-order valence-corrected chi connectivity index (χ2v) is 7.25. The van der Waals surface area contributed by atoms with Gasteiger partial charge in [0.25, 0.3) is 0 Å². The van der Waals surface area contributed by atoms with E-state index in [2.05, 4.69) is 44.3 Å². The predicted molar refractivity (Wildman–Crippen MR) is 95.5 cm³/mol. The van der Waals surface area contributed by atoms with Crippen molar-refractivity contribution in [2.24, 2.45) is 11.8 Å². The molecule has 2 unspecified atom stereocenters. The summed E-state index contributed by atoms with van der Waals surface area (Å²) in [7, 11) is 2.00. The summed E-state index contributed by atoms with van der Waals surface area (Å²) in [6, 6.07) is 8.39. The summed E-state index contributed by atoms with van der Waals surface area (Å²) in [5.74, 6) is 1.77. The molecular weight excluding hydrogens is 364 g/mol. The van der Waals surface area contributed by atoms with Crippen LogP contribution in [0.15, 0.2) is 28.7 Å². The van der Waals surface area contributed by atoms with Crippen molar-refractivity contribution in [1.29, 1.82) is 0 Å². The molecule has 122 valence electrons. The van der Waals surface area contributed by atoms with Gasteiger partial charge in [0, 0.05) is 23.5 Å². The van der Waals surface area contributed by atoms with Crippen molar-refractivity contribution in [2.75, 3.05) is 26.7 Å². The van der Waals surface area contributed by atoms with Gasteiger partial charge in [0.1, 0.15) is 0 Å². The smallest absolute Gasteiger partial charge is 0.226 e. The highest BCUT2D eigenvalue weighted by Crippen LogP contribution is 2.49. The summed E-state index contributed by atoms with van der Waals surface area (Å²) >= 11 is 3.51. The first-order valence-corrected chi connectivity index (χ1v) is 8.67. The molecule has 2 aliphatic rings. The van der Waals surface area contributed by atoms with Crippen molar-refractivity contribution in [3.05, 3.63) is 34.3 Å². The first-order valence-electron chi connectivity index (χ1n) is 7.88. The Bertz CT molecular complexity index is 517. The van der Waals surface area contributed by atoms with Crippen LogP contribution in [-0.4, -0.2) is 37.5 Å². The molecule has 5 heteroatoms. The van der Waals surface area contributed by atoms with E-state index < -0.39 is 0 Å². The lowest BCUT2D eigenvalue weighted by Gasteiger charge is -2.32. The number of halogens is 2. The molecule has 1 heterocycles. The van der Waals surface area contributed by atoms with Gasteiger partial charge < -0.3 is 10.2 Å². The Morgan fingerprint density at radius 3 is 2.73 bits per heavy atom. The van der Waals surface area contributed by atoms with E-state index in [9.17, 15) is 4.79 Å². The molecule has 2 atom stereocenters. The van der Waals surface area contributed by atoms with Crippen LogP contribution in [0.1, 0.15) is 30.7 Å². The van der Waals surface area contributed by atoms with E-state index in [1.807, 2.05) is 13.1 Å². The van der Waals surface area contributed by atoms with Crippen LogP contribution < -0.4 is 5.32 Å². The largest absolute Gasteiger partial charge is 0.342 e. The Balaban J connectivity index is 0.00000176. The van der Waals surface area contributed by atoms with Crippen molar-refractivity contribution in [3.8, 4) is 0 Å². The third-order valence-corrected chi connectivity index (χ3v) is 5.30. The van der Waals surface area contributed by atoms with Crippen LogP contribution in [0.2, 0.25) is 0 Å². The minimum atomic E-state index is 0. The molecule has 3 nitrogen and oxygen atoms in total. The van der Waals surface area contributed by atoms with E-state index in [-0.39, 0.29) is 18.3 Å². The Morgan fingerprint density at radius 1 is 1.36 bits per heavy atom. The number of carbonyl (C=O) groups is 1. The maximum absolute atomic E-state index is 12.6. The third-order valence-electron chi connectivity index (χ3n) is 4.80. The van der Waals surface area contributed by atoms with E-state index in [1.54, 1.807) is 0 Å². The molecule has 1 saturated heterocycles. The van der Waals surface area contributed by atoms with Crippen molar-refractivity contribution >= 4 is 34.2 Å². The van der Waals surface area contributed by atoms with Crippen molar-refractivity contribution in [1.82, 2.24) is 10.2 Å². The highest BCUT2D eigenvalue weighted by atomic mass is 79.9. The monoisotopic (exact) mass is 386 g/mol. The molecule has 2 fully saturated rings. The maximum Gasteiger partial charge on any atom is 0.226 e. The quantitative estimate of drug-likeness (QED) is 0.858. The molecule has 1 amide bonds. The third kappa shape index (κ3) is 4.03. The lowest BCUT2D eigenvalue weighted by atomic mass is 9.96. The second-order valence-electron chi connectivity index (χ2n) is 6.33. The molecule has 0 aromatic heterocycles. The van der Waals surface area contributed by atoms with Gasteiger partial charge in [0.15, 0.2) is 0 Å². The first kappa shape index (κ1) is 17.8. The average molecular weight is 388 g/mol. The molecule has 0 bridgehead atoms. The zero-order valence-corrected chi connectivity index (χ0v) is 15.3. The Kier molecular flexibility index (Phi) is 6.30. The number of nitrogens with zero attached hydrogens (tertiary/aromatic N) is 1. The zero-order valence-electron chi connectivity index (χ0n) is 12.9. The minimum Gasteiger partial charge on any atom is -0.342 e. The van der Waals surface area contributed by atoms with Crippen LogP contribution >= 0.6 is 28.3 Å². The van der Waals surface area contributed by atoms with E-state index in [0.717, 1.165) is 49.3 Å². The molecule has 3 rings (SSSR count). The lowest BCUT2D eigenvalue weighted by Crippen LogP contribution is -2.41. The topological polar surface area (TPSA) is 32.3 Å². The summed E-state index contributed by atoms with van der Waals surface area (Å²) < 4.78 is 1.10. The molecule has 0 spiro atoms. The molecule has 22 heavy (non-hydrogen) atoms. The SMILES string of the molecule is CNCC1CCN(C(=O)C2CC2c2cccc(Br)c2)CC1.Cl. The lowest BCUT2D eigenvalue weighted by molar-refractivity contribution is -0.134. The van der Waals surface area contributed by atoms with E-state index in [0.29, 0.717) is 11.8 Å². The summed E-state index contributed by atoms with van der Waals surface area (Å²) in [5.41, 5.74) is 1.30. The molecule has 1 aromatic carbocycles. The van der Waals surface area contributed by atoms with Crippen molar-refractivity contribution in [3.63, 3.8) is 0 Å². The number of rotatable bonds is 4. The van der Waals surface area contributed by atoms with Gasteiger partial charge in [0.05, 0.1) is 0 Å². The van der Waals surface area contributed by atoms with Crippen LogP contribution in [0.5, 0.6) is 0 Å². The van der Waals surface area contributed by atoms with Gasteiger partial charge in [-0.1, -0.05) is 28.1 Å². The summed E-state index contributed by atoms with van der Waals surface area (Å²) in [6.07, 6.45) is 3.30. The summed E-state index contributed by atoms with van der Waals surface area (Å²) in [4.78, 5) is 14.7. The van der Waals surface area contributed by atoms with Crippen LogP contribution in [0.4, 0.5) is 0 Å². The fourth-order valence-corrected chi connectivity index (χ4v) is 3.87. The van der Waals surface area contributed by atoms with Crippen molar-refractivity contribution < 1.29 is 4.79 Å². The fraction of sp³-hybridized carbons (Fsp3) is 0.588.